The minimum absolute atomic E-state index is 0.722. The lowest BCUT2D eigenvalue weighted by Gasteiger charge is -2.25. The third-order valence-corrected chi connectivity index (χ3v) is 5.05. The number of anilines is 1. The van der Waals surface area contributed by atoms with Gasteiger partial charge in [0.2, 0.25) is 0 Å². The van der Waals surface area contributed by atoms with Gasteiger partial charge in [0.1, 0.15) is 0 Å². The highest BCUT2D eigenvalue weighted by molar-refractivity contribution is 9.10. The Labute approximate surface area is 123 Å². The molecule has 0 saturated carbocycles. The van der Waals surface area contributed by atoms with Crippen molar-refractivity contribution in [3.63, 3.8) is 0 Å². The summed E-state index contributed by atoms with van der Waals surface area (Å²) in [6.45, 7) is 5.63. The Bertz CT molecular complexity index is 420. The molecule has 0 aliphatic carbocycles. The van der Waals surface area contributed by atoms with E-state index in [4.69, 9.17) is 5.73 Å². The first-order valence-electron chi connectivity index (χ1n) is 7.21. The van der Waals surface area contributed by atoms with E-state index >= 15 is 0 Å². The molecule has 2 atom stereocenters. The number of rotatable bonds is 3. The first-order chi connectivity index (χ1) is 9.26. The Morgan fingerprint density at radius 1 is 1.11 bits per heavy atom. The zero-order valence-corrected chi connectivity index (χ0v) is 12.8. The van der Waals surface area contributed by atoms with Crippen molar-refractivity contribution >= 4 is 21.6 Å². The molecule has 0 amide bonds. The van der Waals surface area contributed by atoms with Crippen molar-refractivity contribution in [3.05, 3.63) is 28.7 Å². The lowest BCUT2D eigenvalue weighted by Crippen LogP contribution is -2.36. The largest absolute Gasteiger partial charge is 0.370 e. The van der Waals surface area contributed by atoms with Gasteiger partial charge in [0.05, 0.1) is 0 Å². The second-order valence-corrected chi connectivity index (χ2v) is 6.67. The molecule has 104 valence electrons. The lowest BCUT2D eigenvalue weighted by molar-refractivity contribution is 0.251. The summed E-state index contributed by atoms with van der Waals surface area (Å²) in [6.07, 6.45) is 2.57. The smallest absolute Gasteiger partial charge is 0.0367 e. The van der Waals surface area contributed by atoms with Gasteiger partial charge in [-0.3, -0.25) is 4.90 Å². The summed E-state index contributed by atoms with van der Waals surface area (Å²) in [6, 6.07) is 9.39. The van der Waals surface area contributed by atoms with E-state index in [1.807, 2.05) is 0 Å². The van der Waals surface area contributed by atoms with Crippen LogP contribution in [0.2, 0.25) is 0 Å². The predicted molar refractivity (Wildman–Crippen MR) is 83.5 cm³/mol. The monoisotopic (exact) mass is 323 g/mol. The summed E-state index contributed by atoms with van der Waals surface area (Å²) in [5.74, 6) is 0.724. The van der Waals surface area contributed by atoms with E-state index in [9.17, 15) is 0 Å². The molecular formula is C15H22BrN3. The number of benzene rings is 1. The molecule has 2 fully saturated rings. The molecule has 0 bridgehead atoms. The van der Waals surface area contributed by atoms with E-state index in [-0.39, 0.29) is 0 Å². The summed E-state index contributed by atoms with van der Waals surface area (Å²) >= 11 is 3.50. The second-order valence-electron chi connectivity index (χ2n) is 5.75. The maximum atomic E-state index is 5.79. The maximum Gasteiger partial charge on any atom is 0.0367 e. The average Bonchev–Trinajstić information content (AvgIpc) is 3.08. The molecule has 0 radical (unpaired) electrons. The molecule has 1 aromatic rings. The van der Waals surface area contributed by atoms with Gasteiger partial charge >= 0.3 is 0 Å². The summed E-state index contributed by atoms with van der Waals surface area (Å²) in [5.41, 5.74) is 7.13. The van der Waals surface area contributed by atoms with Crippen LogP contribution in [0.5, 0.6) is 0 Å². The summed E-state index contributed by atoms with van der Waals surface area (Å²) in [5, 5.41) is 0. The molecule has 1 aromatic carbocycles. The fourth-order valence-corrected chi connectivity index (χ4v) is 3.58. The predicted octanol–water partition coefficient (Wildman–Crippen LogP) is 2.31. The van der Waals surface area contributed by atoms with Gasteiger partial charge in [-0.25, -0.2) is 0 Å². The molecule has 0 aromatic heterocycles. The van der Waals surface area contributed by atoms with Gasteiger partial charge in [-0.1, -0.05) is 15.9 Å². The number of nitrogens with zero attached hydrogens (tertiary/aromatic N) is 2. The molecule has 2 aliphatic rings. The van der Waals surface area contributed by atoms with Crippen molar-refractivity contribution < 1.29 is 0 Å². The number of nitrogens with two attached hydrogens (primary N) is 1. The van der Waals surface area contributed by atoms with Gasteiger partial charge < -0.3 is 10.6 Å². The van der Waals surface area contributed by atoms with Gasteiger partial charge in [0.25, 0.3) is 0 Å². The van der Waals surface area contributed by atoms with Crippen molar-refractivity contribution in [1.29, 1.82) is 0 Å². The van der Waals surface area contributed by atoms with E-state index in [1.54, 1.807) is 0 Å². The topological polar surface area (TPSA) is 32.5 Å². The number of halogens is 1. The molecule has 3 nitrogen and oxygen atoms in total. The van der Waals surface area contributed by atoms with E-state index in [1.165, 1.54) is 44.7 Å². The number of hydrogen-bond acceptors (Lipinski definition) is 3. The van der Waals surface area contributed by atoms with E-state index in [0.717, 1.165) is 23.0 Å². The highest BCUT2D eigenvalue weighted by atomic mass is 79.9. The van der Waals surface area contributed by atoms with E-state index in [0.29, 0.717) is 0 Å². The summed E-state index contributed by atoms with van der Waals surface area (Å²) in [4.78, 5) is 5.16. The standard InChI is InChI=1S/C15H22BrN3/c16-13-1-3-14(4-2-13)19-8-6-15(11-19)18-7-5-12(9-17)10-18/h1-4,12,15H,5-11,17H2. The van der Waals surface area contributed by atoms with Crippen LogP contribution in [-0.4, -0.2) is 43.7 Å². The zero-order valence-electron chi connectivity index (χ0n) is 11.3. The SMILES string of the molecule is NCC1CCN(C2CCN(c3ccc(Br)cc3)C2)C1. The van der Waals surface area contributed by atoms with Gasteiger partial charge in [0.15, 0.2) is 0 Å². The molecule has 2 saturated heterocycles. The molecule has 2 N–H and O–H groups in total. The third kappa shape index (κ3) is 2.96. The minimum Gasteiger partial charge on any atom is -0.370 e. The normalized spacial score (nSPS) is 28.2. The van der Waals surface area contributed by atoms with Crippen molar-refractivity contribution in [2.24, 2.45) is 11.7 Å². The van der Waals surface area contributed by atoms with Gasteiger partial charge in [0, 0.05) is 35.8 Å². The molecule has 2 heterocycles. The Kier molecular flexibility index (Phi) is 4.10. The Morgan fingerprint density at radius 2 is 1.89 bits per heavy atom. The number of likely N-dealkylation sites (tertiary alicyclic amines) is 1. The highest BCUT2D eigenvalue weighted by Gasteiger charge is 2.32. The van der Waals surface area contributed by atoms with Gasteiger partial charge in [-0.05, 0) is 56.1 Å². The lowest BCUT2D eigenvalue weighted by atomic mass is 10.1. The zero-order chi connectivity index (χ0) is 13.2. The molecule has 4 heteroatoms. The van der Waals surface area contributed by atoms with Crippen LogP contribution in [0.4, 0.5) is 5.69 Å². The van der Waals surface area contributed by atoms with Crippen LogP contribution in [-0.2, 0) is 0 Å². The van der Waals surface area contributed by atoms with Crippen LogP contribution in [0, 0.1) is 5.92 Å². The maximum absolute atomic E-state index is 5.79. The minimum atomic E-state index is 0.722. The van der Waals surface area contributed by atoms with Crippen molar-refractivity contribution in [2.45, 2.75) is 18.9 Å². The van der Waals surface area contributed by atoms with E-state index < -0.39 is 0 Å². The summed E-state index contributed by atoms with van der Waals surface area (Å²) < 4.78 is 1.15. The highest BCUT2D eigenvalue weighted by Crippen LogP contribution is 2.27. The molecule has 3 rings (SSSR count). The van der Waals surface area contributed by atoms with Crippen molar-refractivity contribution in [1.82, 2.24) is 4.90 Å². The third-order valence-electron chi connectivity index (χ3n) is 4.52. The second kappa shape index (κ2) is 5.81. The first-order valence-corrected chi connectivity index (χ1v) is 8.00. The quantitative estimate of drug-likeness (QED) is 0.926. The Balaban J connectivity index is 1.60. The van der Waals surface area contributed by atoms with Crippen LogP contribution in [0.1, 0.15) is 12.8 Å². The summed E-state index contributed by atoms with van der Waals surface area (Å²) in [7, 11) is 0. The van der Waals surface area contributed by atoms with Crippen LogP contribution < -0.4 is 10.6 Å². The fraction of sp³-hybridized carbons (Fsp3) is 0.600. The van der Waals surface area contributed by atoms with Crippen LogP contribution >= 0.6 is 15.9 Å². The number of hydrogen-bond donors (Lipinski definition) is 1. The molecule has 2 aliphatic heterocycles. The Morgan fingerprint density at radius 3 is 2.58 bits per heavy atom. The average molecular weight is 324 g/mol. The molecular weight excluding hydrogens is 302 g/mol. The van der Waals surface area contributed by atoms with Crippen LogP contribution in [0.3, 0.4) is 0 Å². The molecule has 19 heavy (non-hydrogen) atoms. The van der Waals surface area contributed by atoms with E-state index in [2.05, 4.69) is 50.0 Å². The first kappa shape index (κ1) is 13.4. The molecule has 0 spiro atoms. The van der Waals surface area contributed by atoms with Crippen molar-refractivity contribution in [2.75, 3.05) is 37.6 Å². The fourth-order valence-electron chi connectivity index (χ4n) is 3.31. The molecule has 2 unspecified atom stereocenters. The Hall–Kier alpha value is -0.580. The van der Waals surface area contributed by atoms with Crippen LogP contribution in [0.25, 0.3) is 0 Å². The van der Waals surface area contributed by atoms with Gasteiger partial charge in [-0.2, -0.15) is 0 Å². The van der Waals surface area contributed by atoms with Crippen LogP contribution in [0.15, 0.2) is 28.7 Å². The van der Waals surface area contributed by atoms with Gasteiger partial charge in [-0.15, -0.1) is 0 Å². The van der Waals surface area contributed by atoms with Crippen molar-refractivity contribution in [3.8, 4) is 0 Å².